The highest BCUT2D eigenvalue weighted by atomic mass is 16.4. The summed E-state index contributed by atoms with van der Waals surface area (Å²) in [4.78, 5) is 9.00. The number of carboxylic acid groups (broad SMARTS) is 1. The molecule has 0 aliphatic carbocycles. The molecule has 26 heavy (non-hydrogen) atoms. The van der Waals surface area contributed by atoms with Gasteiger partial charge in [-0.25, -0.2) is 0 Å². The normalized spacial score (nSPS) is 11.0. The third-order valence-electron chi connectivity index (χ3n) is 4.38. The first-order chi connectivity index (χ1) is 12.4. The lowest BCUT2D eigenvalue weighted by Crippen LogP contribution is -2.47. The van der Waals surface area contributed by atoms with E-state index in [1.54, 1.807) is 0 Å². The van der Waals surface area contributed by atoms with E-state index in [1.807, 2.05) is 0 Å². The van der Waals surface area contributed by atoms with Crippen LogP contribution < -0.4 is 5.73 Å². The highest BCUT2D eigenvalue weighted by molar-refractivity contribution is 5.62. The summed E-state index contributed by atoms with van der Waals surface area (Å²) >= 11 is 0. The molecule has 1 rings (SSSR count). The van der Waals surface area contributed by atoms with Gasteiger partial charge in [0, 0.05) is 6.92 Å². The average molecular weight is 368 g/mol. The van der Waals surface area contributed by atoms with E-state index >= 15 is 0 Å². The van der Waals surface area contributed by atoms with Crippen molar-refractivity contribution in [3.8, 4) is 0 Å². The van der Waals surface area contributed by atoms with Gasteiger partial charge in [-0.2, -0.15) is 0 Å². The number of benzene rings is 1. The van der Waals surface area contributed by atoms with Gasteiger partial charge in [0.2, 0.25) is 0 Å². The Morgan fingerprint density at radius 1 is 0.923 bits per heavy atom. The monoisotopic (exact) mass is 367 g/mol. The lowest BCUT2D eigenvalue weighted by Gasteiger charge is -2.24. The molecule has 0 saturated carbocycles. The molecule has 0 saturated heterocycles. The largest absolute Gasteiger partial charge is 0.481 e. The zero-order chi connectivity index (χ0) is 19.8. The van der Waals surface area contributed by atoms with Crippen LogP contribution >= 0.6 is 0 Å². The second-order valence-electron chi connectivity index (χ2n) is 7.03. The highest BCUT2D eigenvalue weighted by Crippen LogP contribution is 2.14. The van der Waals surface area contributed by atoms with Crippen LogP contribution in [0.2, 0.25) is 0 Å². The van der Waals surface area contributed by atoms with Crippen molar-refractivity contribution < 1.29 is 20.1 Å². The molecule has 0 fully saturated rings. The Kier molecular flexibility index (Phi) is 13.9. The Morgan fingerprint density at radius 2 is 1.35 bits per heavy atom. The summed E-state index contributed by atoms with van der Waals surface area (Å²) in [6.45, 7) is 2.97. The van der Waals surface area contributed by atoms with Crippen molar-refractivity contribution >= 4 is 5.97 Å². The van der Waals surface area contributed by atoms with Crippen LogP contribution in [0.15, 0.2) is 24.3 Å². The molecule has 1 aromatic carbocycles. The van der Waals surface area contributed by atoms with Gasteiger partial charge in [-0.1, -0.05) is 63.3 Å². The summed E-state index contributed by atoms with van der Waals surface area (Å²) in [5.74, 6) is -0.833. The van der Waals surface area contributed by atoms with Crippen molar-refractivity contribution in [2.75, 3.05) is 13.2 Å². The molecule has 0 bridgehead atoms. The predicted molar refractivity (Wildman–Crippen MR) is 106 cm³/mol. The van der Waals surface area contributed by atoms with E-state index in [2.05, 4.69) is 31.2 Å². The number of carbonyl (C=O) groups is 1. The third kappa shape index (κ3) is 12.9. The molecule has 0 spiro atoms. The van der Waals surface area contributed by atoms with E-state index in [9.17, 15) is 10.2 Å². The van der Waals surface area contributed by atoms with Crippen molar-refractivity contribution in [3.63, 3.8) is 0 Å². The van der Waals surface area contributed by atoms with Gasteiger partial charge >= 0.3 is 0 Å². The quantitative estimate of drug-likeness (QED) is 0.424. The summed E-state index contributed by atoms with van der Waals surface area (Å²) in [6, 6.07) is 8.66. The number of unbranched alkanes of at least 4 members (excludes halogenated alkanes) is 5. The molecule has 0 aromatic heterocycles. The Balaban J connectivity index is 0.00000141. The minimum atomic E-state index is -0.864. The number of hydrogen-bond acceptors (Lipinski definition) is 4. The van der Waals surface area contributed by atoms with Crippen LogP contribution in [0.1, 0.15) is 69.9 Å². The van der Waals surface area contributed by atoms with Gasteiger partial charge in [-0.3, -0.25) is 4.79 Å². The summed E-state index contributed by atoms with van der Waals surface area (Å²) in [5, 5.41) is 25.8. The average Bonchev–Trinajstić information content (AvgIpc) is 2.63. The molecule has 0 amide bonds. The Bertz CT molecular complexity index is 465. The molecule has 5 N–H and O–H groups in total. The Morgan fingerprint density at radius 3 is 1.81 bits per heavy atom. The van der Waals surface area contributed by atoms with Gasteiger partial charge in [0.1, 0.15) is 0 Å². The SMILES string of the molecule is CC(=O)O.CCCCCCCCc1ccc(CCC(N)(CO)CO)cc1. The van der Waals surface area contributed by atoms with E-state index in [4.69, 9.17) is 15.6 Å². The minimum Gasteiger partial charge on any atom is -0.481 e. The highest BCUT2D eigenvalue weighted by Gasteiger charge is 2.22. The zero-order valence-electron chi connectivity index (χ0n) is 16.4. The number of aliphatic hydroxyl groups is 2. The van der Waals surface area contributed by atoms with Crippen molar-refractivity contribution in [2.45, 2.75) is 77.2 Å². The summed E-state index contributed by atoms with van der Waals surface area (Å²) in [6.07, 6.45) is 10.5. The third-order valence-corrected chi connectivity index (χ3v) is 4.38. The standard InChI is InChI=1S/C19H33NO2.C2H4O2/c1-2-3-4-5-6-7-8-17-9-11-18(12-10-17)13-14-19(20,15-21)16-22;1-2(3)4/h9-12,21-22H,2-8,13-16,20H2,1H3;1H3,(H,3,4). The fourth-order valence-corrected chi connectivity index (χ4v) is 2.58. The molecular weight excluding hydrogens is 330 g/mol. The van der Waals surface area contributed by atoms with Gasteiger partial charge in [-0.05, 0) is 36.8 Å². The molecule has 0 radical (unpaired) electrons. The lowest BCUT2D eigenvalue weighted by molar-refractivity contribution is -0.134. The van der Waals surface area contributed by atoms with Gasteiger partial charge in [0.15, 0.2) is 0 Å². The van der Waals surface area contributed by atoms with Crippen molar-refractivity contribution in [1.29, 1.82) is 0 Å². The van der Waals surface area contributed by atoms with Crippen LogP contribution in [-0.4, -0.2) is 40.0 Å². The van der Waals surface area contributed by atoms with E-state index in [-0.39, 0.29) is 13.2 Å². The van der Waals surface area contributed by atoms with E-state index in [0.717, 1.165) is 19.8 Å². The lowest BCUT2D eigenvalue weighted by atomic mass is 9.93. The fraction of sp³-hybridized carbons (Fsp3) is 0.667. The zero-order valence-corrected chi connectivity index (χ0v) is 16.4. The number of hydrogen-bond donors (Lipinski definition) is 4. The molecule has 0 heterocycles. The van der Waals surface area contributed by atoms with Crippen molar-refractivity contribution in [3.05, 3.63) is 35.4 Å². The van der Waals surface area contributed by atoms with Crippen molar-refractivity contribution in [2.24, 2.45) is 5.73 Å². The number of aryl methyl sites for hydroxylation is 2. The minimum absolute atomic E-state index is 0.181. The summed E-state index contributed by atoms with van der Waals surface area (Å²) in [7, 11) is 0. The van der Waals surface area contributed by atoms with Crippen LogP contribution in [-0.2, 0) is 17.6 Å². The number of nitrogens with two attached hydrogens (primary N) is 1. The Hall–Kier alpha value is -1.43. The smallest absolute Gasteiger partial charge is 0.300 e. The number of rotatable bonds is 12. The first kappa shape index (κ1) is 24.6. The van der Waals surface area contributed by atoms with Crippen LogP contribution in [0.4, 0.5) is 0 Å². The molecule has 0 aliphatic rings. The van der Waals surface area contributed by atoms with Gasteiger partial charge in [-0.15, -0.1) is 0 Å². The van der Waals surface area contributed by atoms with Crippen molar-refractivity contribution in [1.82, 2.24) is 0 Å². The fourth-order valence-electron chi connectivity index (χ4n) is 2.58. The maximum absolute atomic E-state index is 9.20. The molecule has 0 aliphatic heterocycles. The molecule has 1 aromatic rings. The second kappa shape index (κ2) is 14.7. The van der Waals surface area contributed by atoms with Crippen LogP contribution in [0.25, 0.3) is 0 Å². The number of aliphatic carboxylic acids is 1. The number of carboxylic acids is 1. The molecule has 5 heteroatoms. The predicted octanol–water partition coefficient (Wildman–Crippen LogP) is 3.30. The molecule has 5 nitrogen and oxygen atoms in total. The van der Waals surface area contributed by atoms with Crippen LogP contribution in [0.5, 0.6) is 0 Å². The number of aliphatic hydroxyl groups excluding tert-OH is 2. The van der Waals surface area contributed by atoms with Gasteiger partial charge in [0.25, 0.3) is 5.97 Å². The Labute approximate surface area is 158 Å². The van der Waals surface area contributed by atoms with Gasteiger partial charge in [0.05, 0.1) is 18.8 Å². The maximum atomic E-state index is 9.20. The molecule has 0 atom stereocenters. The topological polar surface area (TPSA) is 104 Å². The second-order valence-corrected chi connectivity index (χ2v) is 7.03. The first-order valence-electron chi connectivity index (χ1n) is 9.65. The van der Waals surface area contributed by atoms with Crippen LogP contribution in [0.3, 0.4) is 0 Å². The van der Waals surface area contributed by atoms with E-state index in [1.165, 1.54) is 49.7 Å². The first-order valence-corrected chi connectivity index (χ1v) is 9.65. The molecular formula is C21H37NO4. The van der Waals surface area contributed by atoms with E-state index < -0.39 is 11.5 Å². The summed E-state index contributed by atoms with van der Waals surface area (Å²) < 4.78 is 0. The van der Waals surface area contributed by atoms with E-state index in [0.29, 0.717) is 6.42 Å². The molecule has 150 valence electrons. The van der Waals surface area contributed by atoms with Crippen LogP contribution in [0, 0.1) is 0 Å². The van der Waals surface area contributed by atoms with Gasteiger partial charge < -0.3 is 21.1 Å². The summed E-state index contributed by atoms with van der Waals surface area (Å²) in [5.41, 5.74) is 7.63. The maximum Gasteiger partial charge on any atom is 0.300 e. The molecule has 0 unspecified atom stereocenters.